The van der Waals surface area contributed by atoms with Gasteiger partial charge in [-0.2, -0.15) is 15.0 Å². The van der Waals surface area contributed by atoms with Crippen molar-refractivity contribution >= 4 is 23.5 Å². The third-order valence-electron chi connectivity index (χ3n) is 5.67. The number of imidazole rings is 1. The molecule has 5 heterocycles. The summed E-state index contributed by atoms with van der Waals surface area (Å²) in [6.45, 7) is 6.76. The van der Waals surface area contributed by atoms with E-state index in [1.807, 2.05) is 31.3 Å². The second-order valence-corrected chi connectivity index (χ2v) is 7.80. The standard InChI is InChI=1S/C21H26N8O2/c1-15-18(29-9-3-2-6-17(29)23-15)19(30)22-14-16-24-20(27-7-4-5-8-27)26-21(25-16)28-10-12-31-13-11-28/h2-3,6,9H,4-5,7-8,10-14H2,1H3,(H,22,30). The minimum atomic E-state index is -0.202. The molecule has 0 unspecified atom stereocenters. The van der Waals surface area contributed by atoms with Gasteiger partial charge in [0, 0.05) is 32.4 Å². The molecule has 0 spiro atoms. The molecule has 0 atom stereocenters. The molecule has 10 nitrogen and oxygen atoms in total. The molecule has 1 N–H and O–H groups in total. The highest BCUT2D eigenvalue weighted by Gasteiger charge is 2.22. The topological polar surface area (TPSA) is 101 Å². The number of aryl methyl sites for hydroxylation is 1. The van der Waals surface area contributed by atoms with Crippen LogP contribution in [0.3, 0.4) is 0 Å². The Morgan fingerprint density at radius 2 is 1.71 bits per heavy atom. The zero-order chi connectivity index (χ0) is 21.2. The second kappa shape index (κ2) is 8.46. The lowest BCUT2D eigenvalue weighted by Crippen LogP contribution is -2.38. The van der Waals surface area contributed by atoms with Crippen molar-refractivity contribution in [3.05, 3.63) is 41.6 Å². The molecule has 3 aromatic heterocycles. The first kappa shape index (κ1) is 19.7. The van der Waals surface area contributed by atoms with Crippen LogP contribution in [0.15, 0.2) is 24.4 Å². The largest absolute Gasteiger partial charge is 0.378 e. The van der Waals surface area contributed by atoms with Gasteiger partial charge in [-0.25, -0.2) is 4.98 Å². The number of hydrogen-bond acceptors (Lipinski definition) is 8. The Morgan fingerprint density at radius 3 is 2.45 bits per heavy atom. The number of anilines is 2. The lowest BCUT2D eigenvalue weighted by Gasteiger charge is -2.28. The van der Waals surface area contributed by atoms with Crippen molar-refractivity contribution in [1.82, 2.24) is 29.7 Å². The average Bonchev–Trinajstić information content (AvgIpc) is 3.45. The van der Waals surface area contributed by atoms with Crippen LogP contribution in [-0.2, 0) is 11.3 Å². The highest BCUT2D eigenvalue weighted by molar-refractivity contribution is 5.94. The van der Waals surface area contributed by atoms with Crippen molar-refractivity contribution in [2.24, 2.45) is 0 Å². The highest BCUT2D eigenvalue weighted by Crippen LogP contribution is 2.20. The number of nitrogens with one attached hydrogen (secondary N) is 1. The van der Waals surface area contributed by atoms with Crippen LogP contribution in [0, 0.1) is 6.92 Å². The summed E-state index contributed by atoms with van der Waals surface area (Å²) < 4.78 is 7.26. The van der Waals surface area contributed by atoms with Crippen molar-refractivity contribution in [1.29, 1.82) is 0 Å². The van der Waals surface area contributed by atoms with Gasteiger partial charge < -0.3 is 19.9 Å². The molecule has 3 aromatic rings. The summed E-state index contributed by atoms with van der Waals surface area (Å²) in [5.41, 5.74) is 1.96. The first-order valence-corrected chi connectivity index (χ1v) is 10.7. The van der Waals surface area contributed by atoms with E-state index >= 15 is 0 Å². The van der Waals surface area contributed by atoms with Crippen molar-refractivity contribution in [3.63, 3.8) is 0 Å². The molecular formula is C21H26N8O2. The van der Waals surface area contributed by atoms with E-state index in [0.717, 1.165) is 44.7 Å². The minimum Gasteiger partial charge on any atom is -0.378 e. The quantitative estimate of drug-likeness (QED) is 0.655. The predicted octanol–water partition coefficient (Wildman–Crippen LogP) is 1.19. The molecule has 2 aliphatic rings. The lowest BCUT2D eigenvalue weighted by atomic mass is 10.3. The summed E-state index contributed by atoms with van der Waals surface area (Å²) in [4.78, 5) is 35.8. The number of amides is 1. The van der Waals surface area contributed by atoms with Crippen LogP contribution < -0.4 is 15.1 Å². The van der Waals surface area contributed by atoms with E-state index in [1.54, 1.807) is 4.40 Å². The Labute approximate surface area is 180 Å². The number of rotatable bonds is 5. The van der Waals surface area contributed by atoms with Crippen molar-refractivity contribution in [2.45, 2.75) is 26.3 Å². The number of pyridine rings is 1. The average molecular weight is 422 g/mol. The Balaban J connectivity index is 1.39. The first-order valence-electron chi connectivity index (χ1n) is 10.7. The first-order chi connectivity index (χ1) is 15.2. The Hall–Kier alpha value is -3.27. The SMILES string of the molecule is Cc1nc2ccccn2c1C(=O)NCc1nc(N2CCCC2)nc(N2CCOCC2)n1. The maximum Gasteiger partial charge on any atom is 0.270 e. The third kappa shape index (κ3) is 4.02. The molecule has 10 heteroatoms. The van der Waals surface area contributed by atoms with Gasteiger partial charge in [-0.3, -0.25) is 9.20 Å². The Bertz CT molecular complexity index is 1090. The summed E-state index contributed by atoms with van der Waals surface area (Å²) in [6.07, 6.45) is 4.12. The van der Waals surface area contributed by atoms with Crippen LogP contribution in [-0.4, -0.2) is 69.6 Å². The maximum absolute atomic E-state index is 13.0. The van der Waals surface area contributed by atoms with Gasteiger partial charge in [0.05, 0.1) is 25.5 Å². The zero-order valence-electron chi connectivity index (χ0n) is 17.6. The number of carbonyl (C=O) groups excluding carboxylic acids is 1. The number of morpholine rings is 1. The summed E-state index contributed by atoms with van der Waals surface area (Å²) in [5, 5.41) is 2.97. The maximum atomic E-state index is 13.0. The smallest absolute Gasteiger partial charge is 0.270 e. The normalized spacial score (nSPS) is 16.8. The number of carbonyl (C=O) groups is 1. The molecule has 0 saturated carbocycles. The molecule has 1 amide bonds. The second-order valence-electron chi connectivity index (χ2n) is 7.80. The van der Waals surface area contributed by atoms with Crippen LogP contribution in [0.4, 0.5) is 11.9 Å². The van der Waals surface area contributed by atoms with Crippen molar-refractivity contribution in [2.75, 3.05) is 49.2 Å². The van der Waals surface area contributed by atoms with E-state index in [9.17, 15) is 4.79 Å². The highest BCUT2D eigenvalue weighted by atomic mass is 16.5. The number of ether oxygens (including phenoxy) is 1. The van der Waals surface area contributed by atoms with Crippen LogP contribution in [0.25, 0.3) is 5.65 Å². The van der Waals surface area contributed by atoms with Gasteiger partial charge >= 0.3 is 0 Å². The van der Waals surface area contributed by atoms with Crippen LogP contribution in [0.2, 0.25) is 0 Å². The van der Waals surface area contributed by atoms with E-state index < -0.39 is 0 Å². The molecular weight excluding hydrogens is 396 g/mol. The number of aromatic nitrogens is 5. The summed E-state index contributed by atoms with van der Waals surface area (Å²) >= 11 is 0. The molecule has 2 saturated heterocycles. The van der Waals surface area contributed by atoms with Crippen molar-refractivity contribution < 1.29 is 9.53 Å². The third-order valence-corrected chi connectivity index (χ3v) is 5.67. The summed E-state index contributed by atoms with van der Waals surface area (Å²) in [5.74, 6) is 1.69. The van der Waals surface area contributed by atoms with Gasteiger partial charge in [0.1, 0.15) is 11.3 Å². The van der Waals surface area contributed by atoms with Gasteiger partial charge in [-0.15, -0.1) is 0 Å². The summed E-state index contributed by atoms with van der Waals surface area (Å²) in [7, 11) is 0. The van der Waals surface area contributed by atoms with Crippen LogP contribution in [0.1, 0.15) is 34.8 Å². The van der Waals surface area contributed by atoms with E-state index in [1.165, 1.54) is 0 Å². The van der Waals surface area contributed by atoms with E-state index in [0.29, 0.717) is 42.3 Å². The molecule has 2 fully saturated rings. The van der Waals surface area contributed by atoms with Gasteiger partial charge in [-0.05, 0) is 31.9 Å². The fourth-order valence-corrected chi connectivity index (χ4v) is 4.07. The predicted molar refractivity (Wildman–Crippen MR) is 115 cm³/mol. The Kier molecular flexibility index (Phi) is 5.37. The fraction of sp³-hybridized carbons (Fsp3) is 0.476. The van der Waals surface area contributed by atoms with E-state index in [-0.39, 0.29) is 12.5 Å². The lowest BCUT2D eigenvalue weighted by molar-refractivity contribution is 0.0943. The molecule has 0 aromatic carbocycles. The molecule has 31 heavy (non-hydrogen) atoms. The monoisotopic (exact) mass is 422 g/mol. The summed E-state index contributed by atoms with van der Waals surface area (Å²) in [6, 6.07) is 5.67. The molecule has 0 aliphatic carbocycles. The van der Waals surface area contributed by atoms with E-state index in [4.69, 9.17) is 9.72 Å². The molecule has 5 rings (SSSR count). The minimum absolute atomic E-state index is 0.202. The van der Waals surface area contributed by atoms with Gasteiger partial charge in [0.25, 0.3) is 5.91 Å². The molecule has 0 bridgehead atoms. The molecule has 0 radical (unpaired) electrons. The van der Waals surface area contributed by atoms with Gasteiger partial charge in [0.2, 0.25) is 11.9 Å². The number of fused-ring (bicyclic) bond motifs is 1. The molecule has 2 aliphatic heterocycles. The van der Waals surface area contributed by atoms with Crippen LogP contribution >= 0.6 is 0 Å². The Morgan fingerprint density at radius 1 is 1.00 bits per heavy atom. The van der Waals surface area contributed by atoms with Crippen molar-refractivity contribution in [3.8, 4) is 0 Å². The van der Waals surface area contributed by atoms with Gasteiger partial charge in [0.15, 0.2) is 5.82 Å². The van der Waals surface area contributed by atoms with Gasteiger partial charge in [-0.1, -0.05) is 6.07 Å². The molecule has 162 valence electrons. The fourth-order valence-electron chi connectivity index (χ4n) is 4.07. The van der Waals surface area contributed by atoms with E-state index in [2.05, 4.69) is 30.1 Å². The number of nitrogens with zero attached hydrogens (tertiary/aromatic N) is 7. The van der Waals surface area contributed by atoms with Crippen LogP contribution in [0.5, 0.6) is 0 Å². The number of hydrogen-bond donors (Lipinski definition) is 1. The zero-order valence-corrected chi connectivity index (χ0v) is 17.6.